The number of esters is 1. The molecule has 4 rings (SSSR count). The Hall–Kier alpha value is -3.15. The Morgan fingerprint density at radius 1 is 1.11 bits per heavy atom. The Kier molecular flexibility index (Phi) is 9.59. The summed E-state index contributed by atoms with van der Waals surface area (Å²) in [5.74, 6) is -0.515. The molecule has 2 heterocycles. The summed E-state index contributed by atoms with van der Waals surface area (Å²) < 4.78 is 19.1. The predicted molar refractivity (Wildman–Crippen MR) is 141 cm³/mol. The zero-order valence-corrected chi connectivity index (χ0v) is 22.1. The van der Waals surface area contributed by atoms with Gasteiger partial charge in [-0.1, -0.05) is 59.6 Å². The van der Waals surface area contributed by atoms with E-state index >= 15 is 0 Å². The van der Waals surface area contributed by atoms with Crippen LogP contribution in [-0.2, 0) is 32.2 Å². The molecule has 10 nitrogen and oxygen atoms in total. The van der Waals surface area contributed by atoms with Crippen LogP contribution in [0.1, 0.15) is 42.4 Å². The number of hydrogen-bond acceptors (Lipinski definition) is 7. The third-order valence-electron chi connectivity index (χ3n) is 5.89. The zero-order valence-electron chi connectivity index (χ0n) is 20.6. The monoisotopic (exact) mass is 562 g/mol. The van der Waals surface area contributed by atoms with Crippen molar-refractivity contribution in [1.29, 1.82) is 0 Å². The summed E-state index contributed by atoms with van der Waals surface area (Å²) in [6, 6.07) is 14.1. The SMILES string of the molecule is CCOC(=O)CNC(=O)Nc1ccc(C2OC(Cn3cnc(Cl)c3Cl)CC(c3ccc(CO)cc3)O2)cc1. The molecule has 3 N–H and O–H groups in total. The van der Waals surface area contributed by atoms with E-state index in [9.17, 15) is 14.7 Å². The number of urea groups is 1. The van der Waals surface area contributed by atoms with Crippen LogP contribution in [0.4, 0.5) is 10.5 Å². The van der Waals surface area contributed by atoms with Crippen molar-refractivity contribution in [2.45, 2.75) is 45.0 Å². The highest BCUT2D eigenvalue weighted by molar-refractivity contribution is 6.40. The van der Waals surface area contributed by atoms with Gasteiger partial charge < -0.3 is 34.5 Å². The highest BCUT2D eigenvalue weighted by Crippen LogP contribution is 2.39. The second-order valence-electron chi connectivity index (χ2n) is 8.56. The van der Waals surface area contributed by atoms with Gasteiger partial charge in [0.15, 0.2) is 11.4 Å². The predicted octanol–water partition coefficient (Wildman–Crippen LogP) is 4.61. The lowest BCUT2D eigenvalue weighted by molar-refractivity contribution is -0.252. The van der Waals surface area contributed by atoms with Crippen molar-refractivity contribution in [3.63, 3.8) is 0 Å². The molecule has 38 heavy (non-hydrogen) atoms. The van der Waals surface area contributed by atoms with Gasteiger partial charge in [0.25, 0.3) is 0 Å². The third-order valence-corrected chi connectivity index (χ3v) is 6.66. The molecule has 2 amide bonds. The number of carbonyl (C=O) groups is 2. The van der Waals surface area contributed by atoms with Gasteiger partial charge in [0, 0.05) is 17.7 Å². The van der Waals surface area contributed by atoms with Crippen LogP contribution in [0.15, 0.2) is 54.9 Å². The first-order chi connectivity index (χ1) is 18.4. The van der Waals surface area contributed by atoms with Crippen LogP contribution in [0.25, 0.3) is 0 Å². The molecule has 0 aliphatic carbocycles. The average Bonchev–Trinajstić information content (AvgIpc) is 3.24. The van der Waals surface area contributed by atoms with E-state index in [1.807, 2.05) is 24.3 Å². The van der Waals surface area contributed by atoms with Gasteiger partial charge in [-0.15, -0.1) is 0 Å². The highest BCUT2D eigenvalue weighted by atomic mass is 35.5. The largest absolute Gasteiger partial charge is 0.465 e. The van der Waals surface area contributed by atoms with Gasteiger partial charge in [0.05, 0.1) is 38.3 Å². The van der Waals surface area contributed by atoms with E-state index in [-0.39, 0.29) is 37.1 Å². The lowest BCUT2D eigenvalue weighted by Crippen LogP contribution is -2.34. The maximum Gasteiger partial charge on any atom is 0.325 e. The molecule has 3 atom stereocenters. The van der Waals surface area contributed by atoms with E-state index in [4.69, 9.17) is 37.4 Å². The van der Waals surface area contributed by atoms with Gasteiger partial charge in [0.1, 0.15) is 11.7 Å². The number of carbonyl (C=O) groups excluding carboxylic acids is 2. The van der Waals surface area contributed by atoms with Crippen molar-refractivity contribution >= 4 is 40.9 Å². The molecule has 0 spiro atoms. The standard InChI is InChI=1S/C26H28Cl2N4O6/c1-2-36-22(34)12-29-26(35)31-19-9-7-18(8-10-19)25-37-20(13-32-15-30-23(27)24(32)28)11-21(38-25)17-5-3-16(14-33)4-6-17/h3-10,15,20-21,25,33H,2,11-14H2,1H3,(H2,29,31,35). The molecule has 2 aromatic carbocycles. The third kappa shape index (κ3) is 7.24. The first kappa shape index (κ1) is 27.9. The van der Waals surface area contributed by atoms with E-state index < -0.39 is 18.3 Å². The maximum atomic E-state index is 12.1. The number of halogens is 2. The van der Waals surface area contributed by atoms with Crippen LogP contribution in [-0.4, -0.2) is 45.9 Å². The van der Waals surface area contributed by atoms with Gasteiger partial charge in [-0.25, -0.2) is 9.78 Å². The van der Waals surface area contributed by atoms with E-state index in [0.29, 0.717) is 23.8 Å². The fraction of sp³-hybridized carbons (Fsp3) is 0.346. The molecule has 3 aromatic rings. The summed E-state index contributed by atoms with van der Waals surface area (Å²) in [6.45, 7) is 2.09. The number of aliphatic hydroxyl groups excluding tert-OH is 1. The minimum atomic E-state index is -0.694. The van der Waals surface area contributed by atoms with Gasteiger partial charge in [-0.2, -0.15) is 0 Å². The van der Waals surface area contributed by atoms with Crippen molar-refractivity contribution in [1.82, 2.24) is 14.9 Å². The molecule has 1 aromatic heterocycles. The number of nitrogens with zero attached hydrogens (tertiary/aromatic N) is 2. The molecule has 12 heteroatoms. The molecule has 202 valence electrons. The number of imidazole rings is 1. The summed E-state index contributed by atoms with van der Waals surface area (Å²) in [6.07, 6.45) is 0.875. The summed E-state index contributed by atoms with van der Waals surface area (Å²) in [7, 11) is 0. The first-order valence-corrected chi connectivity index (χ1v) is 12.8. The van der Waals surface area contributed by atoms with Crippen LogP contribution in [0, 0.1) is 0 Å². The summed E-state index contributed by atoms with van der Waals surface area (Å²) >= 11 is 12.3. The van der Waals surface area contributed by atoms with Crippen LogP contribution in [0.2, 0.25) is 10.3 Å². The molecule has 1 saturated heterocycles. The normalized spacial score (nSPS) is 19.1. The molecule has 1 fully saturated rings. The van der Waals surface area contributed by atoms with Crippen molar-refractivity contribution in [2.75, 3.05) is 18.5 Å². The van der Waals surface area contributed by atoms with E-state index in [1.165, 1.54) is 0 Å². The second-order valence-corrected chi connectivity index (χ2v) is 9.28. The molecule has 1 aliphatic rings. The van der Waals surface area contributed by atoms with Gasteiger partial charge in [-0.3, -0.25) is 4.79 Å². The topological polar surface area (TPSA) is 124 Å². The summed E-state index contributed by atoms with van der Waals surface area (Å²) in [4.78, 5) is 27.5. The molecule has 3 unspecified atom stereocenters. The maximum absolute atomic E-state index is 12.1. The van der Waals surface area contributed by atoms with Crippen molar-refractivity contribution in [2.24, 2.45) is 0 Å². The van der Waals surface area contributed by atoms with Crippen molar-refractivity contribution in [3.8, 4) is 0 Å². The fourth-order valence-corrected chi connectivity index (χ4v) is 4.30. The van der Waals surface area contributed by atoms with Gasteiger partial charge in [0.2, 0.25) is 0 Å². The Morgan fingerprint density at radius 2 is 1.82 bits per heavy atom. The Labute approximate surface area is 229 Å². The number of benzene rings is 2. The zero-order chi connectivity index (χ0) is 27.1. The summed E-state index contributed by atoms with van der Waals surface area (Å²) in [5.41, 5.74) is 3.03. The average molecular weight is 563 g/mol. The quantitative estimate of drug-likeness (QED) is 0.325. The van der Waals surface area contributed by atoms with Crippen LogP contribution >= 0.6 is 23.2 Å². The molecular weight excluding hydrogens is 535 g/mol. The number of nitrogens with one attached hydrogen (secondary N) is 2. The Bertz CT molecular complexity index is 1240. The second kappa shape index (κ2) is 13.1. The van der Waals surface area contributed by atoms with Crippen LogP contribution < -0.4 is 10.6 Å². The number of ether oxygens (including phenoxy) is 3. The lowest BCUT2D eigenvalue weighted by Gasteiger charge is -2.36. The number of rotatable bonds is 9. The van der Waals surface area contributed by atoms with Crippen molar-refractivity contribution < 1.29 is 28.9 Å². The van der Waals surface area contributed by atoms with E-state index in [1.54, 1.807) is 42.1 Å². The number of aliphatic hydroxyl groups is 1. The van der Waals surface area contributed by atoms with Crippen LogP contribution in [0.3, 0.4) is 0 Å². The summed E-state index contributed by atoms with van der Waals surface area (Å²) in [5, 5.41) is 15.0. The minimum absolute atomic E-state index is 0.0404. The lowest BCUT2D eigenvalue weighted by atomic mass is 10.00. The fourth-order valence-electron chi connectivity index (χ4n) is 3.99. The Balaban J connectivity index is 1.46. The minimum Gasteiger partial charge on any atom is -0.465 e. The van der Waals surface area contributed by atoms with Crippen LogP contribution in [0.5, 0.6) is 0 Å². The number of aromatic nitrogens is 2. The highest BCUT2D eigenvalue weighted by Gasteiger charge is 2.33. The molecule has 0 saturated carbocycles. The van der Waals surface area contributed by atoms with Gasteiger partial charge in [-0.05, 0) is 30.2 Å². The number of anilines is 1. The first-order valence-electron chi connectivity index (χ1n) is 12.0. The molecule has 0 radical (unpaired) electrons. The van der Waals surface area contributed by atoms with E-state index in [0.717, 1.165) is 16.7 Å². The van der Waals surface area contributed by atoms with Gasteiger partial charge >= 0.3 is 12.0 Å². The molecular formula is C26H28Cl2N4O6. The number of hydrogen-bond donors (Lipinski definition) is 3. The van der Waals surface area contributed by atoms with E-state index in [2.05, 4.69) is 15.6 Å². The van der Waals surface area contributed by atoms with Crippen molar-refractivity contribution in [3.05, 3.63) is 81.9 Å². The molecule has 1 aliphatic heterocycles. The molecule has 0 bridgehead atoms. The smallest absolute Gasteiger partial charge is 0.325 e. The Morgan fingerprint density at radius 3 is 2.45 bits per heavy atom. The number of amides is 2.